The monoisotopic (exact) mass is 268 g/mol. The van der Waals surface area contributed by atoms with Crippen LogP contribution in [0.15, 0.2) is 0 Å². The van der Waals surface area contributed by atoms with Gasteiger partial charge in [-0.05, 0) is 18.8 Å². The second-order valence-electron chi connectivity index (χ2n) is 7.48. The summed E-state index contributed by atoms with van der Waals surface area (Å²) in [5.41, 5.74) is 5.62. The van der Waals surface area contributed by atoms with Gasteiger partial charge in [0.15, 0.2) is 0 Å². The van der Waals surface area contributed by atoms with Crippen LogP contribution >= 0.6 is 0 Å². The van der Waals surface area contributed by atoms with Gasteiger partial charge in [-0.1, -0.05) is 27.7 Å². The minimum absolute atomic E-state index is 0.0991. The summed E-state index contributed by atoms with van der Waals surface area (Å²) in [6, 6.07) is 0. The van der Waals surface area contributed by atoms with Gasteiger partial charge in [0.1, 0.15) is 5.54 Å². The lowest BCUT2D eigenvalue weighted by Gasteiger charge is -2.58. The third-order valence-electron chi connectivity index (χ3n) is 5.18. The van der Waals surface area contributed by atoms with Gasteiger partial charge in [-0.25, -0.2) is 0 Å². The van der Waals surface area contributed by atoms with E-state index in [2.05, 4.69) is 27.7 Å². The molecule has 0 aromatic rings. The molecule has 2 atom stereocenters. The largest absolute Gasteiger partial charge is 0.378 e. The first-order valence-electron chi connectivity index (χ1n) is 7.34. The van der Waals surface area contributed by atoms with Crippen molar-refractivity contribution in [2.24, 2.45) is 16.6 Å². The molecule has 0 radical (unpaired) electrons. The Morgan fingerprint density at radius 3 is 2.42 bits per heavy atom. The number of nitrogens with two attached hydrogens (primary N) is 1. The summed E-state index contributed by atoms with van der Waals surface area (Å²) in [7, 11) is 0. The Hall–Kier alpha value is -0.610. The molecule has 0 aromatic carbocycles. The number of likely N-dealkylation sites (tertiary alicyclic amines) is 1. The third-order valence-corrected chi connectivity index (χ3v) is 5.18. The molecular weight excluding hydrogens is 240 g/mol. The second-order valence-corrected chi connectivity index (χ2v) is 7.48. The van der Waals surface area contributed by atoms with Crippen molar-refractivity contribution in [1.82, 2.24) is 4.90 Å². The molecule has 2 unspecified atom stereocenters. The highest BCUT2D eigenvalue weighted by molar-refractivity contribution is 5.89. The molecule has 0 bridgehead atoms. The Balaban J connectivity index is 2.08. The number of carbonyl (C=O) groups excluding carboxylic acids is 1. The number of amides is 1. The fraction of sp³-hybridized carbons (Fsp3) is 0.933. The van der Waals surface area contributed by atoms with Crippen molar-refractivity contribution in [3.63, 3.8) is 0 Å². The highest BCUT2D eigenvalue weighted by Crippen LogP contribution is 2.51. The van der Waals surface area contributed by atoms with Gasteiger partial charge >= 0.3 is 0 Å². The van der Waals surface area contributed by atoms with Crippen LogP contribution in [0.1, 0.15) is 47.5 Å². The lowest BCUT2D eigenvalue weighted by Crippen LogP contribution is -2.76. The second kappa shape index (κ2) is 4.45. The summed E-state index contributed by atoms with van der Waals surface area (Å²) in [6.07, 6.45) is 1.80. The standard InChI is InChI=1S/C15H28N2O2/c1-6-19-11-9-15(16,14(11,4)5)12(18)17-8-7-13(2,3)10-17/h11H,6-10,16H2,1-5H3. The number of hydrogen-bond acceptors (Lipinski definition) is 3. The van der Waals surface area contributed by atoms with Crippen LogP contribution in [0.25, 0.3) is 0 Å². The molecule has 2 fully saturated rings. The number of carbonyl (C=O) groups is 1. The van der Waals surface area contributed by atoms with E-state index in [1.165, 1.54) is 0 Å². The predicted octanol–water partition coefficient (Wildman–Crippen LogP) is 1.78. The van der Waals surface area contributed by atoms with Gasteiger partial charge in [-0.2, -0.15) is 0 Å². The van der Waals surface area contributed by atoms with Crippen molar-refractivity contribution in [2.75, 3.05) is 19.7 Å². The zero-order chi connectivity index (χ0) is 14.5. The van der Waals surface area contributed by atoms with Crippen LogP contribution in [-0.4, -0.2) is 42.1 Å². The quantitative estimate of drug-likeness (QED) is 0.849. The zero-order valence-corrected chi connectivity index (χ0v) is 13.0. The molecule has 2 aliphatic rings. The first kappa shape index (κ1) is 14.8. The maximum atomic E-state index is 12.7. The molecule has 110 valence electrons. The predicted molar refractivity (Wildman–Crippen MR) is 75.7 cm³/mol. The molecule has 0 spiro atoms. The molecule has 2 N–H and O–H groups in total. The fourth-order valence-corrected chi connectivity index (χ4v) is 3.37. The molecule has 1 saturated heterocycles. The van der Waals surface area contributed by atoms with Gasteiger partial charge in [-0.3, -0.25) is 4.79 Å². The van der Waals surface area contributed by atoms with Crippen LogP contribution < -0.4 is 5.73 Å². The van der Waals surface area contributed by atoms with Gasteiger partial charge in [0.25, 0.3) is 0 Å². The molecule has 1 aliphatic heterocycles. The van der Waals surface area contributed by atoms with E-state index in [1.807, 2.05) is 11.8 Å². The minimum Gasteiger partial charge on any atom is -0.378 e. The SMILES string of the molecule is CCOC1CC(N)(C(=O)N2CCC(C)(C)C2)C1(C)C. The highest BCUT2D eigenvalue weighted by Gasteiger charge is 2.64. The number of hydrogen-bond donors (Lipinski definition) is 1. The van der Waals surface area contributed by atoms with E-state index in [4.69, 9.17) is 10.5 Å². The molecule has 1 heterocycles. The fourth-order valence-electron chi connectivity index (χ4n) is 3.37. The summed E-state index contributed by atoms with van der Waals surface area (Å²) >= 11 is 0. The van der Waals surface area contributed by atoms with Gasteiger partial charge in [-0.15, -0.1) is 0 Å². The van der Waals surface area contributed by atoms with E-state index in [0.717, 1.165) is 19.5 Å². The normalized spacial score (nSPS) is 36.1. The van der Waals surface area contributed by atoms with Gasteiger partial charge in [0.2, 0.25) is 5.91 Å². The molecule has 2 rings (SSSR count). The van der Waals surface area contributed by atoms with E-state index < -0.39 is 5.54 Å². The Labute approximate surface area is 116 Å². The minimum atomic E-state index is -0.757. The molecule has 1 amide bonds. The lowest BCUT2D eigenvalue weighted by molar-refractivity contribution is -0.178. The maximum absolute atomic E-state index is 12.7. The van der Waals surface area contributed by atoms with E-state index in [9.17, 15) is 4.79 Å². The van der Waals surface area contributed by atoms with E-state index >= 15 is 0 Å². The van der Waals surface area contributed by atoms with E-state index in [1.54, 1.807) is 0 Å². The topological polar surface area (TPSA) is 55.6 Å². The highest BCUT2D eigenvalue weighted by atomic mass is 16.5. The lowest BCUT2D eigenvalue weighted by atomic mass is 9.54. The number of nitrogens with zero attached hydrogens (tertiary/aromatic N) is 1. The van der Waals surface area contributed by atoms with Gasteiger partial charge in [0, 0.05) is 31.5 Å². The number of rotatable bonds is 3. The van der Waals surface area contributed by atoms with Crippen LogP contribution in [0.3, 0.4) is 0 Å². The maximum Gasteiger partial charge on any atom is 0.243 e. The zero-order valence-electron chi connectivity index (χ0n) is 13.0. The van der Waals surface area contributed by atoms with Crippen molar-refractivity contribution >= 4 is 5.91 Å². The van der Waals surface area contributed by atoms with Crippen molar-refractivity contribution < 1.29 is 9.53 Å². The molecule has 1 aliphatic carbocycles. The summed E-state index contributed by atoms with van der Waals surface area (Å²) in [5.74, 6) is 0.110. The summed E-state index contributed by atoms with van der Waals surface area (Å²) in [4.78, 5) is 14.7. The Kier molecular flexibility index (Phi) is 3.47. The average molecular weight is 268 g/mol. The Morgan fingerprint density at radius 1 is 1.37 bits per heavy atom. The molecule has 4 nitrogen and oxygen atoms in total. The first-order chi connectivity index (χ1) is 8.64. The summed E-state index contributed by atoms with van der Waals surface area (Å²) in [6.45, 7) is 12.8. The third kappa shape index (κ3) is 2.19. The van der Waals surface area contributed by atoms with Crippen LogP contribution in [0.2, 0.25) is 0 Å². The summed E-state index contributed by atoms with van der Waals surface area (Å²) < 4.78 is 5.69. The van der Waals surface area contributed by atoms with Crippen LogP contribution in [0.5, 0.6) is 0 Å². The number of ether oxygens (including phenoxy) is 1. The van der Waals surface area contributed by atoms with Crippen LogP contribution in [0.4, 0.5) is 0 Å². The van der Waals surface area contributed by atoms with Crippen molar-refractivity contribution in [3.05, 3.63) is 0 Å². The molecule has 4 heteroatoms. The molecular formula is C15H28N2O2. The molecule has 19 heavy (non-hydrogen) atoms. The smallest absolute Gasteiger partial charge is 0.243 e. The van der Waals surface area contributed by atoms with Crippen molar-refractivity contribution in [3.8, 4) is 0 Å². The Bertz CT molecular complexity index is 378. The average Bonchev–Trinajstić information content (AvgIpc) is 2.68. The first-order valence-corrected chi connectivity index (χ1v) is 7.34. The van der Waals surface area contributed by atoms with Gasteiger partial charge < -0.3 is 15.4 Å². The van der Waals surface area contributed by atoms with Crippen LogP contribution in [0, 0.1) is 10.8 Å². The summed E-state index contributed by atoms with van der Waals surface area (Å²) in [5, 5.41) is 0. The molecule has 1 saturated carbocycles. The van der Waals surface area contributed by atoms with Crippen LogP contribution in [-0.2, 0) is 9.53 Å². The van der Waals surface area contributed by atoms with E-state index in [-0.39, 0.29) is 22.8 Å². The Morgan fingerprint density at radius 2 is 2.00 bits per heavy atom. The van der Waals surface area contributed by atoms with Gasteiger partial charge in [0.05, 0.1) is 6.10 Å². The van der Waals surface area contributed by atoms with Crippen molar-refractivity contribution in [1.29, 1.82) is 0 Å². The van der Waals surface area contributed by atoms with E-state index in [0.29, 0.717) is 13.0 Å². The molecule has 0 aromatic heterocycles. The van der Waals surface area contributed by atoms with Crippen molar-refractivity contribution in [2.45, 2.75) is 59.1 Å².